The van der Waals surface area contributed by atoms with Crippen molar-refractivity contribution in [3.8, 4) is 0 Å². The van der Waals surface area contributed by atoms with Gasteiger partial charge in [-0.15, -0.1) is 0 Å². The van der Waals surface area contributed by atoms with Crippen LogP contribution in [0.4, 0.5) is 5.82 Å². The zero-order valence-corrected chi connectivity index (χ0v) is 10.6. The second-order valence-electron chi connectivity index (χ2n) is 3.30. The van der Waals surface area contributed by atoms with Crippen molar-refractivity contribution in [2.24, 2.45) is 0 Å². The van der Waals surface area contributed by atoms with Crippen LogP contribution in [0.5, 0.6) is 0 Å². The molecule has 0 saturated heterocycles. The summed E-state index contributed by atoms with van der Waals surface area (Å²) in [6.07, 6.45) is 6.28. The minimum Gasteiger partial charge on any atom is -0.383 e. The molecular formula is C11H14BrN3O. The van der Waals surface area contributed by atoms with Crippen molar-refractivity contribution in [3.05, 3.63) is 28.4 Å². The highest BCUT2D eigenvalue weighted by Crippen LogP contribution is 2.16. The Morgan fingerprint density at radius 3 is 3.12 bits per heavy atom. The van der Waals surface area contributed by atoms with Crippen molar-refractivity contribution in [2.45, 2.75) is 13.3 Å². The van der Waals surface area contributed by atoms with Gasteiger partial charge in [0.1, 0.15) is 5.82 Å². The van der Waals surface area contributed by atoms with E-state index in [4.69, 9.17) is 5.73 Å². The van der Waals surface area contributed by atoms with E-state index in [1.54, 1.807) is 6.20 Å². The van der Waals surface area contributed by atoms with Gasteiger partial charge in [0.15, 0.2) is 0 Å². The van der Waals surface area contributed by atoms with Gasteiger partial charge >= 0.3 is 0 Å². The first-order chi connectivity index (χ1) is 7.59. The van der Waals surface area contributed by atoms with E-state index in [9.17, 15) is 4.79 Å². The molecule has 1 heterocycles. The topological polar surface area (TPSA) is 68.0 Å². The first-order valence-corrected chi connectivity index (χ1v) is 5.71. The molecule has 1 aromatic heterocycles. The number of halogens is 1. The Balaban J connectivity index is 2.49. The molecule has 1 rings (SSSR count). The number of hydrogen-bond acceptors (Lipinski definition) is 3. The zero-order valence-electron chi connectivity index (χ0n) is 9.03. The molecule has 0 aromatic carbocycles. The number of nitrogens with one attached hydrogen (secondary N) is 1. The van der Waals surface area contributed by atoms with E-state index in [1.807, 2.05) is 18.2 Å². The summed E-state index contributed by atoms with van der Waals surface area (Å²) in [4.78, 5) is 14.6. The number of carbonyl (C=O) groups is 1. The second kappa shape index (κ2) is 6.27. The van der Waals surface area contributed by atoms with E-state index in [1.165, 1.54) is 6.92 Å². The molecule has 0 spiro atoms. The largest absolute Gasteiger partial charge is 0.383 e. The average Bonchev–Trinajstić information content (AvgIpc) is 2.22. The zero-order chi connectivity index (χ0) is 12.0. The number of nitrogens with zero attached hydrogens (tertiary/aromatic N) is 1. The Bertz CT molecular complexity index is 404. The first-order valence-electron chi connectivity index (χ1n) is 4.91. The lowest BCUT2D eigenvalue weighted by Gasteiger charge is -2.00. The van der Waals surface area contributed by atoms with Crippen molar-refractivity contribution < 1.29 is 4.79 Å². The molecule has 1 aromatic rings. The predicted molar refractivity (Wildman–Crippen MR) is 68.7 cm³/mol. The van der Waals surface area contributed by atoms with Crippen LogP contribution in [0.1, 0.15) is 18.9 Å². The number of nitrogens with two attached hydrogens (primary N) is 1. The highest BCUT2D eigenvalue weighted by molar-refractivity contribution is 9.10. The average molecular weight is 284 g/mol. The maximum atomic E-state index is 10.6. The lowest BCUT2D eigenvalue weighted by atomic mass is 10.2. The van der Waals surface area contributed by atoms with Crippen LogP contribution >= 0.6 is 15.9 Å². The second-order valence-corrected chi connectivity index (χ2v) is 4.22. The molecule has 0 saturated carbocycles. The van der Waals surface area contributed by atoms with Gasteiger partial charge < -0.3 is 11.1 Å². The predicted octanol–water partition coefficient (Wildman–Crippen LogP) is 1.97. The maximum Gasteiger partial charge on any atom is 0.216 e. The van der Waals surface area contributed by atoms with Crippen LogP contribution in [-0.4, -0.2) is 17.4 Å². The van der Waals surface area contributed by atoms with Crippen LogP contribution in [0.15, 0.2) is 22.8 Å². The van der Waals surface area contributed by atoms with E-state index in [-0.39, 0.29) is 5.91 Å². The summed E-state index contributed by atoms with van der Waals surface area (Å²) in [5, 5.41) is 2.71. The Kier molecular flexibility index (Phi) is 4.98. The number of rotatable bonds is 4. The Morgan fingerprint density at radius 1 is 1.69 bits per heavy atom. The van der Waals surface area contributed by atoms with Crippen molar-refractivity contribution in [1.82, 2.24) is 10.3 Å². The van der Waals surface area contributed by atoms with Gasteiger partial charge in [-0.2, -0.15) is 0 Å². The van der Waals surface area contributed by atoms with Crippen molar-refractivity contribution in [1.29, 1.82) is 0 Å². The van der Waals surface area contributed by atoms with Gasteiger partial charge in [-0.1, -0.05) is 12.2 Å². The number of anilines is 1. The fraction of sp³-hybridized carbons (Fsp3) is 0.273. The third-order valence-electron chi connectivity index (χ3n) is 1.90. The van der Waals surface area contributed by atoms with Crippen LogP contribution in [-0.2, 0) is 4.79 Å². The number of amides is 1. The van der Waals surface area contributed by atoms with Crippen molar-refractivity contribution >= 4 is 33.7 Å². The summed E-state index contributed by atoms with van der Waals surface area (Å²) in [7, 11) is 0. The molecule has 5 heteroatoms. The minimum atomic E-state index is -0.0166. The summed E-state index contributed by atoms with van der Waals surface area (Å²) < 4.78 is 0.892. The van der Waals surface area contributed by atoms with Crippen LogP contribution in [0.2, 0.25) is 0 Å². The van der Waals surface area contributed by atoms with Crippen molar-refractivity contribution in [2.75, 3.05) is 12.3 Å². The molecule has 16 heavy (non-hydrogen) atoms. The maximum absolute atomic E-state index is 10.6. The highest BCUT2D eigenvalue weighted by Gasteiger charge is 1.96. The van der Waals surface area contributed by atoms with Gasteiger partial charge in [-0.3, -0.25) is 4.79 Å². The molecule has 0 radical (unpaired) electrons. The van der Waals surface area contributed by atoms with E-state index >= 15 is 0 Å². The summed E-state index contributed by atoms with van der Waals surface area (Å²) in [6, 6.07) is 1.90. The lowest BCUT2D eigenvalue weighted by molar-refractivity contribution is -0.118. The Morgan fingerprint density at radius 2 is 2.44 bits per heavy atom. The van der Waals surface area contributed by atoms with E-state index in [0.717, 1.165) is 16.5 Å². The molecule has 0 fully saturated rings. The smallest absolute Gasteiger partial charge is 0.216 e. The summed E-state index contributed by atoms with van der Waals surface area (Å²) in [6.45, 7) is 2.13. The molecule has 0 aliphatic carbocycles. The van der Waals surface area contributed by atoms with Gasteiger partial charge in [-0.25, -0.2) is 4.98 Å². The van der Waals surface area contributed by atoms with Crippen LogP contribution < -0.4 is 11.1 Å². The summed E-state index contributed by atoms with van der Waals surface area (Å²) in [5.74, 6) is 0.482. The number of carbonyl (C=O) groups excluding carboxylic acids is 1. The fourth-order valence-corrected chi connectivity index (χ4v) is 1.49. The summed E-state index contributed by atoms with van der Waals surface area (Å²) in [5.41, 5.74) is 6.57. The molecule has 4 nitrogen and oxygen atoms in total. The van der Waals surface area contributed by atoms with Crippen LogP contribution in [0.3, 0.4) is 0 Å². The molecule has 86 valence electrons. The van der Waals surface area contributed by atoms with Crippen LogP contribution in [0.25, 0.3) is 6.08 Å². The number of pyridine rings is 1. The highest BCUT2D eigenvalue weighted by atomic mass is 79.9. The van der Waals surface area contributed by atoms with E-state index in [0.29, 0.717) is 12.4 Å². The standard InChI is InChI=1S/C11H14BrN3O/c1-8(16)14-5-3-2-4-9-6-10(12)7-15-11(9)13/h2,4,6-7H,3,5H2,1H3,(H2,13,15)(H,14,16). The molecule has 0 atom stereocenters. The van der Waals surface area contributed by atoms with Gasteiger partial charge in [-0.05, 0) is 28.4 Å². The molecular weight excluding hydrogens is 270 g/mol. The van der Waals surface area contributed by atoms with E-state index < -0.39 is 0 Å². The molecule has 1 amide bonds. The first kappa shape index (κ1) is 12.7. The third-order valence-corrected chi connectivity index (χ3v) is 2.33. The molecule has 0 aliphatic rings. The molecule has 0 aliphatic heterocycles. The quantitative estimate of drug-likeness (QED) is 0.830. The third kappa shape index (κ3) is 4.44. The SMILES string of the molecule is CC(=O)NCCC=Cc1cc(Br)cnc1N. The van der Waals surface area contributed by atoms with Crippen LogP contribution in [0, 0.1) is 0 Å². The van der Waals surface area contributed by atoms with Gasteiger partial charge in [0.2, 0.25) is 5.91 Å². The fourth-order valence-electron chi connectivity index (χ4n) is 1.14. The summed E-state index contributed by atoms with van der Waals surface area (Å²) >= 11 is 3.33. The minimum absolute atomic E-state index is 0.0166. The Labute approximate surface area is 103 Å². The van der Waals surface area contributed by atoms with E-state index in [2.05, 4.69) is 26.2 Å². The number of aromatic nitrogens is 1. The Hall–Kier alpha value is -1.36. The van der Waals surface area contributed by atoms with Gasteiger partial charge in [0.05, 0.1) is 0 Å². The van der Waals surface area contributed by atoms with Crippen molar-refractivity contribution in [3.63, 3.8) is 0 Å². The normalized spacial score (nSPS) is 10.6. The van der Waals surface area contributed by atoms with Gasteiger partial charge in [0, 0.05) is 29.7 Å². The number of hydrogen-bond donors (Lipinski definition) is 2. The lowest BCUT2D eigenvalue weighted by Crippen LogP contribution is -2.20. The monoisotopic (exact) mass is 283 g/mol. The molecule has 0 unspecified atom stereocenters. The van der Waals surface area contributed by atoms with Gasteiger partial charge in [0.25, 0.3) is 0 Å². The molecule has 3 N–H and O–H groups in total. The number of nitrogen functional groups attached to an aromatic ring is 1. The molecule has 0 bridgehead atoms.